The summed E-state index contributed by atoms with van der Waals surface area (Å²) in [6.07, 6.45) is 2.51. The lowest BCUT2D eigenvalue weighted by atomic mass is 9.92. The Morgan fingerprint density at radius 2 is 2.00 bits per heavy atom. The lowest BCUT2D eigenvalue weighted by molar-refractivity contribution is 0.182. The van der Waals surface area contributed by atoms with Gasteiger partial charge in [-0.05, 0) is 68.6 Å². The molecule has 0 radical (unpaired) electrons. The van der Waals surface area contributed by atoms with Gasteiger partial charge in [0.15, 0.2) is 5.82 Å². The van der Waals surface area contributed by atoms with Crippen LogP contribution in [0.1, 0.15) is 25.3 Å². The van der Waals surface area contributed by atoms with E-state index in [-0.39, 0.29) is 5.75 Å². The van der Waals surface area contributed by atoms with Gasteiger partial charge < -0.3 is 14.9 Å². The molecule has 2 saturated heterocycles. The Kier molecular flexibility index (Phi) is 4.76. The number of rotatable bonds is 3. The fourth-order valence-corrected chi connectivity index (χ4v) is 4.72. The maximum atomic E-state index is 10.2. The Labute approximate surface area is 159 Å². The van der Waals surface area contributed by atoms with Crippen molar-refractivity contribution >= 4 is 17.4 Å². The molecule has 0 aliphatic carbocycles. The second kappa shape index (κ2) is 7.05. The van der Waals surface area contributed by atoms with Crippen LogP contribution in [-0.2, 0) is 0 Å². The molecule has 4 rings (SSSR count). The van der Waals surface area contributed by atoms with Crippen LogP contribution in [0.5, 0.6) is 5.75 Å². The predicted octanol–water partition coefficient (Wildman–Crippen LogP) is 3.73. The summed E-state index contributed by atoms with van der Waals surface area (Å²) < 4.78 is 0. The normalized spacial score (nSPS) is 23.3. The molecule has 1 aromatic heterocycles. The molecule has 0 unspecified atom stereocenters. The monoisotopic (exact) mass is 372 g/mol. The van der Waals surface area contributed by atoms with E-state index in [1.165, 1.54) is 19.4 Å². The fraction of sp³-hybridized carbons (Fsp3) is 0.500. The highest BCUT2D eigenvalue weighted by atomic mass is 35.5. The number of benzene rings is 1. The van der Waals surface area contributed by atoms with Crippen LogP contribution in [0.25, 0.3) is 11.3 Å². The van der Waals surface area contributed by atoms with Crippen molar-refractivity contribution in [2.24, 2.45) is 5.92 Å². The van der Waals surface area contributed by atoms with E-state index >= 15 is 0 Å². The van der Waals surface area contributed by atoms with Crippen LogP contribution in [0.15, 0.2) is 24.3 Å². The number of phenolic OH excluding ortho intramolecular Hbond substituents is 1. The molecule has 0 amide bonds. The molecule has 0 spiro atoms. The summed E-state index contributed by atoms with van der Waals surface area (Å²) in [7, 11) is 0. The maximum absolute atomic E-state index is 10.2. The highest BCUT2D eigenvalue weighted by Gasteiger charge is 2.38. The van der Waals surface area contributed by atoms with E-state index < -0.39 is 0 Å². The van der Waals surface area contributed by atoms with Gasteiger partial charge in [0, 0.05) is 29.7 Å². The number of anilines is 1. The third-order valence-corrected chi connectivity index (χ3v) is 6.09. The van der Waals surface area contributed by atoms with E-state index in [1.807, 2.05) is 25.1 Å². The standard InChI is InChI=1S/C20H25ClN4O/c1-3-24-8-6-14-7-9-25(17(14)12-24)19-5-4-16(22-23-19)20-13(2)10-15(21)11-18(20)26/h4-5,10-11,14,17,26H,3,6-9,12H2,1-2H3/t14-,17-/m0/s1. The molecule has 1 aromatic carbocycles. The van der Waals surface area contributed by atoms with Crippen molar-refractivity contribution in [3.05, 3.63) is 34.9 Å². The smallest absolute Gasteiger partial charge is 0.151 e. The average Bonchev–Trinajstić information content (AvgIpc) is 3.04. The topological polar surface area (TPSA) is 52.5 Å². The molecule has 0 bridgehead atoms. The van der Waals surface area contributed by atoms with Crippen molar-refractivity contribution in [1.29, 1.82) is 0 Å². The first-order valence-corrected chi connectivity index (χ1v) is 9.77. The van der Waals surface area contributed by atoms with Crippen LogP contribution in [0.4, 0.5) is 5.82 Å². The van der Waals surface area contributed by atoms with Gasteiger partial charge in [0.2, 0.25) is 0 Å². The van der Waals surface area contributed by atoms with E-state index in [9.17, 15) is 5.11 Å². The molecule has 1 N–H and O–H groups in total. The Bertz CT molecular complexity index is 772. The van der Waals surface area contributed by atoms with Crippen molar-refractivity contribution in [2.75, 3.05) is 31.1 Å². The van der Waals surface area contributed by atoms with Crippen molar-refractivity contribution < 1.29 is 5.11 Å². The zero-order valence-electron chi connectivity index (χ0n) is 15.3. The van der Waals surface area contributed by atoms with E-state index in [1.54, 1.807) is 6.07 Å². The molecule has 138 valence electrons. The van der Waals surface area contributed by atoms with Crippen molar-refractivity contribution in [3.8, 4) is 17.0 Å². The maximum Gasteiger partial charge on any atom is 0.151 e. The molecule has 5 nitrogen and oxygen atoms in total. The number of halogens is 1. The van der Waals surface area contributed by atoms with E-state index in [0.29, 0.717) is 22.3 Å². The number of hydrogen-bond donors (Lipinski definition) is 1. The zero-order valence-corrected chi connectivity index (χ0v) is 16.1. The largest absolute Gasteiger partial charge is 0.507 e. The highest BCUT2D eigenvalue weighted by molar-refractivity contribution is 6.31. The summed E-state index contributed by atoms with van der Waals surface area (Å²) in [6.45, 7) is 8.63. The van der Waals surface area contributed by atoms with Gasteiger partial charge in [-0.15, -0.1) is 10.2 Å². The Morgan fingerprint density at radius 3 is 2.69 bits per heavy atom. The summed E-state index contributed by atoms with van der Waals surface area (Å²) in [4.78, 5) is 4.94. The van der Waals surface area contributed by atoms with Crippen LogP contribution in [0, 0.1) is 12.8 Å². The number of likely N-dealkylation sites (tertiary alicyclic amines) is 1. The van der Waals surface area contributed by atoms with Gasteiger partial charge in [-0.1, -0.05) is 18.5 Å². The fourth-order valence-electron chi connectivity index (χ4n) is 4.45. The third-order valence-electron chi connectivity index (χ3n) is 5.87. The van der Waals surface area contributed by atoms with Gasteiger partial charge >= 0.3 is 0 Å². The van der Waals surface area contributed by atoms with Gasteiger partial charge in [-0.2, -0.15) is 0 Å². The number of phenols is 1. The SMILES string of the molecule is CCN1CC[C@H]2CCN(c3ccc(-c4c(C)cc(Cl)cc4O)nn3)[C@H]2C1. The van der Waals surface area contributed by atoms with Crippen LogP contribution in [0.2, 0.25) is 5.02 Å². The van der Waals surface area contributed by atoms with Gasteiger partial charge in [0.1, 0.15) is 5.75 Å². The van der Waals surface area contributed by atoms with E-state index in [0.717, 1.165) is 36.9 Å². The molecule has 3 heterocycles. The van der Waals surface area contributed by atoms with Crippen molar-refractivity contribution in [2.45, 2.75) is 32.7 Å². The molecule has 2 fully saturated rings. The minimum Gasteiger partial charge on any atom is -0.507 e. The summed E-state index contributed by atoms with van der Waals surface area (Å²) in [6, 6.07) is 7.90. The molecule has 26 heavy (non-hydrogen) atoms. The summed E-state index contributed by atoms with van der Waals surface area (Å²) >= 11 is 6.00. The lowest BCUT2D eigenvalue weighted by Crippen LogP contribution is -2.48. The number of piperidine rings is 1. The first-order chi connectivity index (χ1) is 12.6. The quantitative estimate of drug-likeness (QED) is 0.889. The van der Waals surface area contributed by atoms with Gasteiger partial charge in [0.25, 0.3) is 0 Å². The Morgan fingerprint density at radius 1 is 1.19 bits per heavy atom. The molecule has 2 aliphatic heterocycles. The number of aryl methyl sites for hydroxylation is 1. The average molecular weight is 373 g/mol. The van der Waals surface area contributed by atoms with Crippen LogP contribution < -0.4 is 4.90 Å². The third kappa shape index (κ3) is 3.14. The van der Waals surface area contributed by atoms with Gasteiger partial charge in [-0.3, -0.25) is 0 Å². The highest BCUT2D eigenvalue weighted by Crippen LogP contribution is 2.36. The molecule has 6 heteroatoms. The van der Waals surface area contributed by atoms with Crippen molar-refractivity contribution in [3.63, 3.8) is 0 Å². The number of likely N-dealkylation sites (N-methyl/N-ethyl adjacent to an activating group) is 1. The molecular formula is C20H25ClN4O. The van der Waals surface area contributed by atoms with Gasteiger partial charge in [0.05, 0.1) is 5.69 Å². The molecule has 0 saturated carbocycles. The Balaban J connectivity index is 1.59. The summed E-state index contributed by atoms with van der Waals surface area (Å²) in [5, 5.41) is 19.7. The molecule has 2 aliphatic rings. The molecular weight excluding hydrogens is 348 g/mol. The lowest BCUT2D eigenvalue weighted by Gasteiger charge is -2.38. The number of aromatic nitrogens is 2. The van der Waals surface area contributed by atoms with Gasteiger partial charge in [-0.25, -0.2) is 0 Å². The van der Waals surface area contributed by atoms with Crippen molar-refractivity contribution in [1.82, 2.24) is 15.1 Å². The van der Waals surface area contributed by atoms with E-state index in [2.05, 4.69) is 26.9 Å². The molecule has 2 aromatic rings. The second-order valence-corrected chi connectivity index (χ2v) is 7.82. The van der Waals surface area contributed by atoms with Crippen LogP contribution in [-0.4, -0.2) is 52.4 Å². The predicted molar refractivity (Wildman–Crippen MR) is 105 cm³/mol. The first-order valence-electron chi connectivity index (χ1n) is 9.39. The minimum atomic E-state index is 0.143. The first kappa shape index (κ1) is 17.6. The Hall–Kier alpha value is -1.85. The van der Waals surface area contributed by atoms with Crippen LogP contribution >= 0.6 is 11.6 Å². The minimum absolute atomic E-state index is 0.143. The second-order valence-electron chi connectivity index (χ2n) is 7.38. The van der Waals surface area contributed by atoms with E-state index in [4.69, 9.17) is 11.6 Å². The molecule has 2 atom stereocenters. The number of aromatic hydroxyl groups is 1. The number of fused-ring (bicyclic) bond motifs is 1. The number of nitrogens with zero attached hydrogens (tertiary/aromatic N) is 4. The zero-order chi connectivity index (χ0) is 18.3. The summed E-state index contributed by atoms with van der Waals surface area (Å²) in [5.74, 6) is 1.84. The van der Waals surface area contributed by atoms with Crippen LogP contribution in [0.3, 0.4) is 0 Å². The number of hydrogen-bond acceptors (Lipinski definition) is 5. The summed E-state index contributed by atoms with van der Waals surface area (Å²) in [5.41, 5.74) is 2.27.